The van der Waals surface area contributed by atoms with Crippen LogP contribution < -0.4 is 10.3 Å². The molecule has 0 radical (unpaired) electrons. The second-order valence-electron chi connectivity index (χ2n) is 8.82. The number of pyridine rings is 1. The Kier molecular flexibility index (Phi) is 5.23. The average molecular weight is 417 g/mol. The lowest BCUT2D eigenvalue weighted by atomic mass is 9.93. The van der Waals surface area contributed by atoms with Crippen molar-refractivity contribution in [3.05, 3.63) is 82.4 Å². The summed E-state index contributed by atoms with van der Waals surface area (Å²) in [6.45, 7) is 7.82. The zero-order chi connectivity index (χ0) is 22.3. The molecule has 31 heavy (non-hydrogen) atoms. The number of benzene rings is 2. The van der Waals surface area contributed by atoms with Crippen molar-refractivity contribution in [2.24, 2.45) is 7.05 Å². The summed E-state index contributed by atoms with van der Waals surface area (Å²) in [6, 6.07) is 15.7. The number of nitrogens with zero attached hydrogens (tertiary/aromatic N) is 1. The fraction of sp³-hybridized carbons (Fsp3) is 0.269. The van der Waals surface area contributed by atoms with E-state index < -0.39 is 5.60 Å². The summed E-state index contributed by atoms with van der Waals surface area (Å²) in [5, 5.41) is 11.4. The molecule has 0 aliphatic rings. The van der Waals surface area contributed by atoms with Crippen LogP contribution in [0, 0.1) is 0 Å². The van der Waals surface area contributed by atoms with Crippen LogP contribution in [0.4, 0.5) is 0 Å². The van der Waals surface area contributed by atoms with Crippen molar-refractivity contribution in [1.29, 1.82) is 0 Å². The Balaban J connectivity index is 1.89. The number of ether oxygens (including phenoxy) is 1. The number of aryl methyl sites for hydroxylation is 1. The molecule has 2 aromatic carbocycles. The van der Waals surface area contributed by atoms with Crippen LogP contribution in [0.15, 0.2) is 65.7 Å². The summed E-state index contributed by atoms with van der Waals surface area (Å²) in [6.07, 6.45) is 3.58. The van der Waals surface area contributed by atoms with Crippen LogP contribution in [0.2, 0.25) is 0 Å². The Morgan fingerprint density at radius 3 is 2.39 bits per heavy atom. The van der Waals surface area contributed by atoms with Gasteiger partial charge in [-0.3, -0.25) is 4.79 Å². The standard InChI is InChI=1S/C26H28N2O3/c1-16(2)17-6-9-19(10-7-17)31-23-11-8-18(26(3,4)30)14-21(23)22-15-28(5)25(29)24-20(22)12-13-27-24/h6-16,27,30H,1-5H3. The smallest absolute Gasteiger partial charge is 0.274 e. The van der Waals surface area contributed by atoms with Gasteiger partial charge in [0.1, 0.15) is 17.0 Å². The molecule has 0 unspecified atom stereocenters. The van der Waals surface area contributed by atoms with Crippen LogP contribution in [0.5, 0.6) is 11.5 Å². The quantitative estimate of drug-likeness (QED) is 0.440. The molecule has 0 aliphatic carbocycles. The first kappa shape index (κ1) is 20.9. The summed E-state index contributed by atoms with van der Waals surface area (Å²) in [7, 11) is 1.73. The Morgan fingerprint density at radius 2 is 1.74 bits per heavy atom. The summed E-state index contributed by atoms with van der Waals surface area (Å²) in [5.74, 6) is 1.84. The Labute approximate surface area is 181 Å². The minimum Gasteiger partial charge on any atom is -0.457 e. The molecular formula is C26H28N2O3. The van der Waals surface area contributed by atoms with Gasteiger partial charge in [0.25, 0.3) is 5.56 Å². The second-order valence-corrected chi connectivity index (χ2v) is 8.82. The van der Waals surface area contributed by atoms with Crippen LogP contribution in [0.1, 0.15) is 44.7 Å². The lowest BCUT2D eigenvalue weighted by Gasteiger charge is -2.21. The van der Waals surface area contributed by atoms with Crippen molar-refractivity contribution >= 4 is 10.9 Å². The summed E-state index contributed by atoms with van der Waals surface area (Å²) in [4.78, 5) is 15.6. The molecule has 0 saturated carbocycles. The van der Waals surface area contributed by atoms with E-state index in [2.05, 4.69) is 31.0 Å². The third kappa shape index (κ3) is 4.01. The molecule has 2 N–H and O–H groups in total. The van der Waals surface area contributed by atoms with E-state index in [4.69, 9.17) is 4.74 Å². The van der Waals surface area contributed by atoms with Gasteiger partial charge in [-0.2, -0.15) is 0 Å². The normalized spacial score (nSPS) is 12.0. The molecule has 0 spiro atoms. The molecule has 0 saturated heterocycles. The van der Waals surface area contributed by atoms with Crippen LogP contribution in [0.3, 0.4) is 0 Å². The maximum atomic E-state index is 12.5. The molecule has 4 aromatic rings. The van der Waals surface area contributed by atoms with Crippen LogP contribution in [-0.2, 0) is 12.6 Å². The predicted octanol–water partition coefficient (Wildman–Crippen LogP) is 5.68. The number of aromatic amines is 1. The molecule has 4 rings (SSSR count). The molecule has 0 amide bonds. The highest BCUT2D eigenvalue weighted by Gasteiger charge is 2.21. The molecule has 2 aromatic heterocycles. The van der Waals surface area contributed by atoms with E-state index in [1.165, 1.54) is 5.56 Å². The number of hydrogen-bond donors (Lipinski definition) is 2. The summed E-state index contributed by atoms with van der Waals surface area (Å²) in [5.41, 5.74) is 3.13. The van der Waals surface area contributed by atoms with Crippen molar-refractivity contribution < 1.29 is 9.84 Å². The SMILES string of the molecule is CC(C)c1ccc(Oc2ccc(C(C)(C)O)cc2-c2cn(C)c(=O)c3[nH]ccc23)cc1. The topological polar surface area (TPSA) is 67.2 Å². The predicted molar refractivity (Wildman–Crippen MR) is 125 cm³/mol. The molecule has 0 atom stereocenters. The van der Waals surface area contributed by atoms with E-state index in [0.29, 0.717) is 17.2 Å². The first-order valence-corrected chi connectivity index (χ1v) is 10.5. The van der Waals surface area contributed by atoms with Gasteiger partial charge in [0, 0.05) is 36.0 Å². The number of aliphatic hydroxyl groups is 1. The largest absolute Gasteiger partial charge is 0.457 e. The third-order valence-electron chi connectivity index (χ3n) is 5.64. The van der Waals surface area contributed by atoms with E-state index >= 15 is 0 Å². The highest BCUT2D eigenvalue weighted by atomic mass is 16.5. The lowest BCUT2D eigenvalue weighted by Crippen LogP contribution is -2.17. The van der Waals surface area contributed by atoms with Crippen molar-refractivity contribution in [3.63, 3.8) is 0 Å². The summed E-state index contributed by atoms with van der Waals surface area (Å²) < 4.78 is 7.84. The van der Waals surface area contributed by atoms with Crippen molar-refractivity contribution in [2.75, 3.05) is 0 Å². The van der Waals surface area contributed by atoms with Crippen molar-refractivity contribution in [2.45, 2.75) is 39.2 Å². The number of rotatable bonds is 5. The number of aromatic nitrogens is 2. The van der Waals surface area contributed by atoms with E-state index in [1.54, 1.807) is 31.7 Å². The van der Waals surface area contributed by atoms with Crippen LogP contribution in [0.25, 0.3) is 22.0 Å². The first-order chi connectivity index (χ1) is 14.6. The van der Waals surface area contributed by atoms with E-state index in [9.17, 15) is 9.90 Å². The van der Waals surface area contributed by atoms with Crippen LogP contribution >= 0.6 is 0 Å². The Bertz CT molecular complexity index is 1290. The van der Waals surface area contributed by atoms with Gasteiger partial charge in [-0.1, -0.05) is 32.0 Å². The highest BCUT2D eigenvalue weighted by molar-refractivity contribution is 5.96. The second kappa shape index (κ2) is 7.75. The Morgan fingerprint density at radius 1 is 1.03 bits per heavy atom. The molecule has 5 heteroatoms. The average Bonchev–Trinajstić information content (AvgIpc) is 3.21. The third-order valence-corrected chi connectivity index (χ3v) is 5.64. The van der Waals surface area contributed by atoms with Gasteiger partial charge in [0.2, 0.25) is 0 Å². The van der Waals surface area contributed by atoms with Crippen LogP contribution in [-0.4, -0.2) is 14.7 Å². The molecule has 5 nitrogen and oxygen atoms in total. The molecule has 2 heterocycles. The maximum absolute atomic E-state index is 12.5. The molecule has 0 bridgehead atoms. The van der Waals surface area contributed by atoms with Gasteiger partial charge in [0.05, 0.1) is 5.60 Å². The Hall–Kier alpha value is -3.31. The van der Waals surface area contributed by atoms with Crippen molar-refractivity contribution in [1.82, 2.24) is 9.55 Å². The number of hydrogen-bond acceptors (Lipinski definition) is 3. The zero-order valence-electron chi connectivity index (χ0n) is 18.6. The van der Waals surface area contributed by atoms with Gasteiger partial charge in [0.15, 0.2) is 0 Å². The fourth-order valence-electron chi connectivity index (χ4n) is 3.74. The van der Waals surface area contributed by atoms with Gasteiger partial charge >= 0.3 is 0 Å². The first-order valence-electron chi connectivity index (χ1n) is 10.5. The van der Waals surface area contributed by atoms with E-state index in [-0.39, 0.29) is 5.56 Å². The number of H-pyrrole nitrogens is 1. The minimum atomic E-state index is -1.01. The van der Waals surface area contributed by atoms with E-state index in [0.717, 1.165) is 27.8 Å². The monoisotopic (exact) mass is 416 g/mol. The van der Waals surface area contributed by atoms with Gasteiger partial charge in [-0.15, -0.1) is 0 Å². The highest BCUT2D eigenvalue weighted by Crippen LogP contribution is 2.39. The lowest BCUT2D eigenvalue weighted by molar-refractivity contribution is 0.0786. The molecular weight excluding hydrogens is 388 g/mol. The molecule has 0 fully saturated rings. The van der Waals surface area contributed by atoms with E-state index in [1.807, 2.05) is 42.6 Å². The minimum absolute atomic E-state index is 0.0888. The zero-order valence-corrected chi connectivity index (χ0v) is 18.6. The van der Waals surface area contributed by atoms with Gasteiger partial charge < -0.3 is 19.4 Å². The number of nitrogens with one attached hydrogen (secondary N) is 1. The van der Waals surface area contributed by atoms with Crippen molar-refractivity contribution in [3.8, 4) is 22.6 Å². The molecule has 160 valence electrons. The van der Waals surface area contributed by atoms with Gasteiger partial charge in [-0.25, -0.2) is 0 Å². The molecule has 0 aliphatic heterocycles. The fourth-order valence-corrected chi connectivity index (χ4v) is 3.74. The number of fused-ring (bicyclic) bond motifs is 1. The van der Waals surface area contributed by atoms with Gasteiger partial charge in [-0.05, 0) is 61.2 Å². The maximum Gasteiger partial charge on any atom is 0.274 e. The summed E-state index contributed by atoms with van der Waals surface area (Å²) >= 11 is 0.